The second-order valence-corrected chi connectivity index (χ2v) is 6.25. The molecule has 2 aromatic heterocycles. The quantitative estimate of drug-likeness (QED) is 0.514. The van der Waals surface area contributed by atoms with E-state index in [-0.39, 0.29) is 11.4 Å². The fourth-order valence-electron chi connectivity index (χ4n) is 1.74. The summed E-state index contributed by atoms with van der Waals surface area (Å²) in [4.78, 5) is 18.3. The van der Waals surface area contributed by atoms with Crippen LogP contribution in [0.5, 0.6) is 5.75 Å². The number of nitrogens with one attached hydrogen (secondary N) is 1. The highest BCUT2D eigenvalue weighted by Crippen LogP contribution is 2.31. The number of phenolic OH excluding ortho intramolecular Hbond substituents is 1. The van der Waals surface area contributed by atoms with Crippen molar-refractivity contribution in [2.75, 3.05) is 0 Å². The van der Waals surface area contributed by atoms with Crippen LogP contribution < -0.4 is 0 Å². The van der Waals surface area contributed by atoms with E-state index in [4.69, 9.17) is 0 Å². The maximum absolute atomic E-state index is 10.6. The highest BCUT2D eigenvalue weighted by molar-refractivity contribution is 9.10. The molecule has 0 unspecified atom stereocenters. The smallest absolute Gasteiger partial charge is 0.287 e. The molecular weight excluding hydrogens is 386 g/mol. The monoisotopic (exact) mass is 393 g/mol. The average molecular weight is 394 g/mol. The van der Waals surface area contributed by atoms with Crippen molar-refractivity contribution in [2.24, 2.45) is 0 Å². The van der Waals surface area contributed by atoms with Gasteiger partial charge in [0.25, 0.3) is 5.69 Å². The van der Waals surface area contributed by atoms with Gasteiger partial charge in [0, 0.05) is 10.5 Å². The second kappa shape index (κ2) is 6.34. The molecule has 3 rings (SSSR count). The van der Waals surface area contributed by atoms with E-state index >= 15 is 0 Å². The lowest BCUT2D eigenvalue weighted by molar-refractivity contribution is -0.385. The summed E-state index contributed by atoms with van der Waals surface area (Å²) in [5.74, 6) is 0.488. The number of rotatable bonds is 4. The molecule has 0 saturated carbocycles. The predicted octanol–water partition coefficient (Wildman–Crippen LogP) is 3.39. The number of aromatic amines is 1. The molecule has 2 heterocycles. The Bertz CT molecular complexity index is 868. The minimum atomic E-state index is -0.512. The lowest BCUT2D eigenvalue weighted by Crippen LogP contribution is -1.89. The number of halogens is 1. The molecular formula is C13H8BrN5O3S. The molecule has 0 atom stereocenters. The summed E-state index contributed by atoms with van der Waals surface area (Å²) in [5, 5.41) is 28.2. The van der Waals surface area contributed by atoms with Crippen LogP contribution >= 0.6 is 27.7 Å². The summed E-state index contributed by atoms with van der Waals surface area (Å²) < 4.78 is 0.799. The van der Waals surface area contributed by atoms with E-state index in [9.17, 15) is 15.2 Å². The molecule has 0 aliphatic rings. The summed E-state index contributed by atoms with van der Waals surface area (Å²) in [6.07, 6.45) is 1.18. The van der Waals surface area contributed by atoms with Crippen molar-refractivity contribution in [3.05, 3.63) is 51.1 Å². The predicted molar refractivity (Wildman–Crippen MR) is 86.2 cm³/mol. The highest BCUT2D eigenvalue weighted by Gasteiger charge is 2.13. The van der Waals surface area contributed by atoms with E-state index in [1.807, 2.05) is 0 Å². The topological polar surface area (TPSA) is 118 Å². The molecule has 3 aromatic rings. The third kappa shape index (κ3) is 3.48. The van der Waals surface area contributed by atoms with Crippen molar-refractivity contribution in [1.29, 1.82) is 0 Å². The van der Waals surface area contributed by atoms with Gasteiger partial charge < -0.3 is 5.11 Å². The minimum absolute atomic E-state index is 0.0781. The fraction of sp³-hybridized carbons (Fsp3) is 0. The van der Waals surface area contributed by atoms with Crippen molar-refractivity contribution < 1.29 is 10.0 Å². The fourth-order valence-corrected chi connectivity index (χ4v) is 2.76. The Morgan fingerprint density at radius 1 is 1.30 bits per heavy atom. The van der Waals surface area contributed by atoms with Gasteiger partial charge in [-0.05, 0) is 36.0 Å². The number of benzene rings is 1. The molecule has 0 fully saturated rings. The van der Waals surface area contributed by atoms with Gasteiger partial charge in [-0.2, -0.15) is 0 Å². The summed E-state index contributed by atoms with van der Waals surface area (Å²) in [5.41, 5.74) is 0.430. The molecule has 0 aliphatic carbocycles. The van der Waals surface area contributed by atoms with Crippen molar-refractivity contribution in [2.45, 2.75) is 10.2 Å². The summed E-state index contributed by atoms with van der Waals surface area (Å²) >= 11 is 4.48. The molecule has 0 bridgehead atoms. The Labute approximate surface area is 142 Å². The van der Waals surface area contributed by atoms with Gasteiger partial charge in [-0.25, -0.2) is 9.97 Å². The third-order valence-electron chi connectivity index (χ3n) is 2.81. The number of H-pyrrole nitrogens is 1. The summed E-state index contributed by atoms with van der Waals surface area (Å²) in [7, 11) is 0. The number of phenols is 1. The van der Waals surface area contributed by atoms with Crippen LogP contribution in [0.4, 0.5) is 5.69 Å². The Morgan fingerprint density at radius 3 is 2.83 bits per heavy atom. The standard InChI is InChI=1S/C13H8BrN5O3S/c14-7-1-3-10(20)9(5-7)12-16-13(18-17-12)23-11-4-2-8(6-15-11)19(21)22/h1-6,20H,(H,16,17,18). The van der Waals surface area contributed by atoms with Crippen molar-refractivity contribution >= 4 is 33.4 Å². The number of pyridine rings is 1. The molecule has 1 aromatic carbocycles. The molecule has 0 amide bonds. The van der Waals surface area contributed by atoms with E-state index in [2.05, 4.69) is 36.1 Å². The van der Waals surface area contributed by atoms with Crippen LogP contribution in [-0.2, 0) is 0 Å². The number of aromatic hydroxyl groups is 1. The van der Waals surface area contributed by atoms with E-state index in [1.54, 1.807) is 18.2 Å². The van der Waals surface area contributed by atoms with Crippen molar-refractivity contribution in [3.63, 3.8) is 0 Å². The molecule has 8 nitrogen and oxygen atoms in total. The first-order valence-corrected chi connectivity index (χ1v) is 7.83. The first-order chi connectivity index (χ1) is 11.0. The van der Waals surface area contributed by atoms with Crippen LogP contribution in [-0.4, -0.2) is 30.2 Å². The number of aromatic nitrogens is 4. The van der Waals surface area contributed by atoms with Gasteiger partial charge in [0.2, 0.25) is 5.16 Å². The van der Waals surface area contributed by atoms with Gasteiger partial charge in [0.05, 0.1) is 10.5 Å². The summed E-state index contributed by atoms with van der Waals surface area (Å²) in [6, 6.07) is 7.87. The van der Waals surface area contributed by atoms with Crippen molar-refractivity contribution in [3.8, 4) is 17.1 Å². The van der Waals surface area contributed by atoms with Crippen molar-refractivity contribution in [1.82, 2.24) is 20.2 Å². The average Bonchev–Trinajstić information content (AvgIpc) is 2.98. The number of hydrogen-bond donors (Lipinski definition) is 2. The van der Waals surface area contributed by atoms with Gasteiger partial charge in [-0.3, -0.25) is 15.2 Å². The highest BCUT2D eigenvalue weighted by atomic mass is 79.9. The Hall–Kier alpha value is -2.46. The Kier molecular flexibility index (Phi) is 4.26. The zero-order chi connectivity index (χ0) is 16.4. The maximum atomic E-state index is 10.6. The molecule has 116 valence electrons. The van der Waals surface area contributed by atoms with Crippen LogP contribution in [0.1, 0.15) is 0 Å². The Morgan fingerprint density at radius 2 is 2.13 bits per heavy atom. The first-order valence-electron chi connectivity index (χ1n) is 6.22. The normalized spacial score (nSPS) is 10.7. The number of nitro groups is 1. The molecule has 0 saturated heterocycles. The molecule has 10 heteroatoms. The van der Waals surface area contributed by atoms with Crippen LogP contribution in [0.2, 0.25) is 0 Å². The van der Waals surface area contributed by atoms with Crippen LogP contribution in [0.25, 0.3) is 11.4 Å². The zero-order valence-electron chi connectivity index (χ0n) is 11.3. The van der Waals surface area contributed by atoms with Gasteiger partial charge in [-0.1, -0.05) is 15.9 Å². The first kappa shape index (κ1) is 15.4. The molecule has 0 spiro atoms. The van der Waals surface area contributed by atoms with E-state index in [0.29, 0.717) is 21.6 Å². The van der Waals surface area contributed by atoms with E-state index in [1.165, 1.54) is 18.3 Å². The SMILES string of the molecule is O=[N+]([O-])c1ccc(Sc2n[nH]c(-c3cc(Br)ccc3O)n2)nc1. The second-order valence-electron chi connectivity index (χ2n) is 4.34. The number of hydrogen-bond acceptors (Lipinski definition) is 7. The van der Waals surface area contributed by atoms with E-state index in [0.717, 1.165) is 16.2 Å². The van der Waals surface area contributed by atoms with Crippen LogP contribution in [0.15, 0.2) is 51.2 Å². The maximum Gasteiger partial charge on any atom is 0.287 e. The molecule has 0 aliphatic heterocycles. The van der Waals surface area contributed by atoms with Gasteiger partial charge in [0.15, 0.2) is 5.82 Å². The number of nitrogens with zero attached hydrogens (tertiary/aromatic N) is 4. The van der Waals surface area contributed by atoms with E-state index < -0.39 is 4.92 Å². The van der Waals surface area contributed by atoms with Crippen LogP contribution in [0.3, 0.4) is 0 Å². The van der Waals surface area contributed by atoms with Gasteiger partial charge in [0.1, 0.15) is 17.0 Å². The third-order valence-corrected chi connectivity index (χ3v) is 4.12. The van der Waals surface area contributed by atoms with Gasteiger partial charge in [-0.15, -0.1) is 5.10 Å². The zero-order valence-corrected chi connectivity index (χ0v) is 13.7. The lowest BCUT2D eigenvalue weighted by atomic mass is 10.2. The Balaban J connectivity index is 1.82. The molecule has 0 radical (unpaired) electrons. The minimum Gasteiger partial charge on any atom is -0.507 e. The van der Waals surface area contributed by atoms with Crippen LogP contribution in [0, 0.1) is 10.1 Å². The van der Waals surface area contributed by atoms with Gasteiger partial charge >= 0.3 is 0 Å². The molecule has 2 N–H and O–H groups in total. The summed E-state index contributed by atoms with van der Waals surface area (Å²) in [6.45, 7) is 0. The lowest BCUT2D eigenvalue weighted by Gasteiger charge is -2.00. The largest absolute Gasteiger partial charge is 0.507 e. The molecule has 23 heavy (non-hydrogen) atoms.